The number of para-hydroxylation sites is 2. The first-order valence-corrected chi connectivity index (χ1v) is 9.14. The van der Waals surface area contributed by atoms with Gasteiger partial charge in [-0.2, -0.15) is 0 Å². The molecule has 1 atom stereocenters. The van der Waals surface area contributed by atoms with Gasteiger partial charge in [-0.25, -0.2) is 9.78 Å². The van der Waals surface area contributed by atoms with Gasteiger partial charge in [-0.1, -0.05) is 24.3 Å². The normalized spacial score (nSPS) is 15.0. The molecule has 0 radical (unpaired) electrons. The van der Waals surface area contributed by atoms with Crippen molar-refractivity contribution < 1.29 is 14.3 Å². The van der Waals surface area contributed by atoms with E-state index in [1.54, 1.807) is 60.4 Å². The molecule has 0 bridgehead atoms. The molecule has 3 aromatic rings. The summed E-state index contributed by atoms with van der Waals surface area (Å²) in [5.74, 6) is -0.306. The Morgan fingerprint density at radius 3 is 2.68 bits per heavy atom. The highest BCUT2D eigenvalue weighted by Crippen LogP contribution is 2.27. The van der Waals surface area contributed by atoms with Crippen LogP contribution in [-0.4, -0.2) is 28.4 Å². The quantitative estimate of drug-likeness (QED) is 0.706. The molecular weight excluding hydrogens is 358 g/mol. The standard InChI is InChI=1S/C21H19N3O4/c1-13(19-22-16-9-4-2-7-14(16)20(26)23-19)28-21(27)15-8-3-5-10-17(15)24-12-6-11-18(24)25/h2-5,7-10,13H,6,11-12H2,1H3,(H,22,23,26)/t13-/m1/s1. The van der Waals surface area contributed by atoms with Gasteiger partial charge in [-0.05, 0) is 37.6 Å². The van der Waals surface area contributed by atoms with Crippen LogP contribution in [0.15, 0.2) is 53.3 Å². The molecule has 1 fully saturated rings. The van der Waals surface area contributed by atoms with Crippen molar-refractivity contribution in [3.05, 3.63) is 70.3 Å². The van der Waals surface area contributed by atoms with E-state index in [1.165, 1.54) is 0 Å². The first kappa shape index (κ1) is 17.9. The fourth-order valence-electron chi connectivity index (χ4n) is 3.36. The van der Waals surface area contributed by atoms with Gasteiger partial charge in [0.1, 0.15) is 0 Å². The molecule has 1 saturated heterocycles. The van der Waals surface area contributed by atoms with Gasteiger partial charge in [0, 0.05) is 13.0 Å². The zero-order valence-electron chi connectivity index (χ0n) is 15.3. The van der Waals surface area contributed by atoms with Gasteiger partial charge in [0.25, 0.3) is 5.56 Å². The molecule has 4 rings (SSSR count). The summed E-state index contributed by atoms with van der Waals surface area (Å²) >= 11 is 0. The molecule has 0 aliphatic carbocycles. The second-order valence-corrected chi connectivity index (χ2v) is 6.68. The molecule has 0 saturated carbocycles. The fraction of sp³-hybridized carbons (Fsp3) is 0.238. The van der Waals surface area contributed by atoms with Crippen LogP contribution in [0.3, 0.4) is 0 Å². The van der Waals surface area contributed by atoms with Gasteiger partial charge < -0.3 is 14.6 Å². The van der Waals surface area contributed by atoms with E-state index in [-0.39, 0.29) is 17.3 Å². The van der Waals surface area contributed by atoms with Crippen molar-refractivity contribution in [2.75, 3.05) is 11.4 Å². The number of carbonyl (C=O) groups is 2. The molecule has 1 aliphatic rings. The molecule has 1 aromatic heterocycles. The molecule has 142 valence electrons. The van der Waals surface area contributed by atoms with Crippen molar-refractivity contribution >= 4 is 28.5 Å². The monoisotopic (exact) mass is 377 g/mol. The van der Waals surface area contributed by atoms with Crippen LogP contribution >= 0.6 is 0 Å². The second-order valence-electron chi connectivity index (χ2n) is 6.68. The van der Waals surface area contributed by atoms with Gasteiger partial charge in [-0.15, -0.1) is 0 Å². The number of aromatic nitrogens is 2. The fourth-order valence-corrected chi connectivity index (χ4v) is 3.36. The van der Waals surface area contributed by atoms with Crippen LogP contribution in [0, 0.1) is 0 Å². The average Bonchev–Trinajstić information content (AvgIpc) is 3.13. The Bertz CT molecular complexity index is 1120. The number of esters is 1. The number of ether oxygens (including phenoxy) is 1. The molecule has 2 heterocycles. The second kappa shape index (κ2) is 7.26. The van der Waals surface area contributed by atoms with Gasteiger partial charge >= 0.3 is 5.97 Å². The van der Waals surface area contributed by atoms with Crippen LogP contribution in [0.4, 0.5) is 5.69 Å². The van der Waals surface area contributed by atoms with Gasteiger partial charge in [0.15, 0.2) is 11.9 Å². The highest BCUT2D eigenvalue weighted by molar-refractivity contribution is 6.03. The molecule has 7 nitrogen and oxygen atoms in total. The molecule has 7 heteroatoms. The average molecular weight is 377 g/mol. The Morgan fingerprint density at radius 1 is 1.14 bits per heavy atom. The molecule has 0 spiro atoms. The van der Waals surface area contributed by atoms with Crippen molar-refractivity contribution in [3.63, 3.8) is 0 Å². The van der Waals surface area contributed by atoms with E-state index < -0.39 is 12.1 Å². The van der Waals surface area contributed by atoms with Crippen LogP contribution in [-0.2, 0) is 9.53 Å². The maximum Gasteiger partial charge on any atom is 0.340 e. The first-order valence-electron chi connectivity index (χ1n) is 9.14. The number of rotatable bonds is 4. The minimum Gasteiger partial charge on any atom is -0.451 e. The molecular formula is C21H19N3O4. The number of benzene rings is 2. The van der Waals surface area contributed by atoms with Crippen LogP contribution in [0.2, 0.25) is 0 Å². The summed E-state index contributed by atoms with van der Waals surface area (Å²) in [6.45, 7) is 2.23. The van der Waals surface area contributed by atoms with Crippen molar-refractivity contribution in [1.82, 2.24) is 9.97 Å². The summed E-state index contributed by atoms with van der Waals surface area (Å²) in [5, 5.41) is 0.475. The number of H-pyrrole nitrogens is 1. The third kappa shape index (κ3) is 3.26. The van der Waals surface area contributed by atoms with E-state index in [1.807, 2.05) is 0 Å². The Labute approximate surface area is 161 Å². The van der Waals surface area contributed by atoms with E-state index in [0.29, 0.717) is 35.1 Å². The zero-order valence-corrected chi connectivity index (χ0v) is 15.3. The summed E-state index contributed by atoms with van der Waals surface area (Å²) in [6, 6.07) is 13.8. The molecule has 28 heavy (non-hydrogen) atoms. The van der Waals surface area contributed by atoms with Crippen LogP contribution in [0.1, 0.15) is 42.1 Å². The molecule has 1 N–H and O–H groups in total. The smallest absolute Gasteiger partial charge is 0.340 e. The van der Waals surface area contributed by atoms with Gasteiger partial charge in [0.05, 0.1) is 22.2 Å². The molecule has 0 unspecified atom stereocenters. The van der Waals surface area contributed by atoms with Crippen molar-refractivity contribution in [1.29, 1.82) is 0 Å². The lowest BCUT2D eigenvalue weighted by Gasteiger charge is -2.20. The zero-order chi connectivity index (χ0) is 19.7. The SMILES string of the molecule is C[C@@H](OC(=O)c1ccccc1N1CCCC1=O)c1nc2ccccc2c(=O)[nH]1. The Hall–Kier alpha value is -3.48. The summed E-state index contributed by atoms with van der Waals surface area (Å²) in [6.07, 6.45) is 0.482. The lowest BCUT2D eigenvalue weighted by molar-refractivity contribution is -0.117. The molecule has 1 aliphatic heterocycles. The lowest BCUT2D eigenvalue weighted by atomic mass is 10.1. The summed E-state index contributed by atoms with van der Waals surface area (Å²) < 4.78 is 5.55. The van der Waals surface area contributed by atoms with Crippen LogP contribution in [0.5, 0.6) is 0 Å². The van der Waals surface area contributed by atoms with Crippen LogP contribution < -0.4 is 10.5 Å². The topological polar surface area (TPSA) is 92.4 Å². The number of nitrogens with one attached hydrogen (secondary N) is 1. The minimum atomic E-state index is -0.757. The van der Waals surface area contributed by atoms with Gasteiger partial charge in [-0.3, -0.25) is 9.59 Å². The van der Waals surface area contributed by atoms with Crippen molar-refractivity contribution in [2.45, 2.75) is 25.9 Å². The maximum atomic E-state index is 12.8. The highest BCUT2D eigenvalue weighted by atomic mass is 16.5. The van der Waals surface area contributed by atoms with Gasteiger partial charge in [0.2, 0.25) is 5.91 Å². The van der Waals surface area contributed by atoms with E-state index >= 15 is 0 Å². The summed E-state index contributed by atoms with van der Waals surface area (Å²) in [4.78, 5) is 45.8. The Morgan fingerprint density at radius 2 is 1.89 bits per heavy atom. The van der Waals surface area contributed by atoms with E-state index in [2.05, 4.69) is 9.97 Å². The van der Waals surface area contributed by atoms with E-state index in [9.17, 15) is 14.4 Å². The summed E-state index contributed by atoms with van der Waals surface area (Å²) in [7, 11) is 0. The first-order chi connectivity index (χ1) is 13.5. The number of hydrogen-bond acceptors (Lipinski definition) is 5. The number of anilines is 1. The number of carbonyl (C=O) groups excluding carboxylic acids is 2. The number of aromatic amines is 1. The predicted molar refractivity (Wildman–Crippen MR) is 104 cm³/mol. The minimum absolute atomic E-state index is 0.00572. The Kier molecular flexibility index (Phi) is 4.65. The van der Waals surface area contributed by atoms with E-state index in [0.717, 1.165) is 6.42 Å². The number of nitrogens with zero attached hydrogens (tertiary/aromatic N) is 2. The van der Waals surface area contributed by atoms with Crippen LogP contribution in [0.25, 0.3) is 10.9 Å². The Balaban J connectivity index is 1.61. The van der Waals surface area contributed by atoms with E-state index in [4.69, 9.17) is 4.74 Å². The predicted octanol–water partition coefficient (Wildman–Crippen LogP) is 2.97. The third-order valence-electron chi connectivity index (χ3n) is 4.79. The largest absolute Gasteiger partial charge is 0.451 e. The van der Waals surface area contributed by atoms with Crippen molar-refractivity contribution in [3.8, 4) is 0 Å². The molecule has 1 amide bonds. The number of fused-ring (bicyclic) bond motifs is 1. The highest BCUT2D eigenvalue weighted by Gasteiger charge is 2.27. The lowest BCUT2D eigenvalue weighted by Crippen LogP contribution is -2.26. The maximum absolute atomic E-state index is 12.8. The molecule has 2 aromatic carbocycles. The summed E-state index contributed by atoms with van der Waals surface area (Å²) in [5.41, 5.74) is 1.11. The third-order valence-corrected chi connectivity index (χ3v) is 4.79. The number of amides is 1. The number of hydrogen-bond donors (Lipinski definition) is 1. The van der Waals surface area contributed by atoms with Crippen molar-refractivity contribution in [2.24, 2.45) is 0 Å².